The fourth-order valence-electron chi connectivity index (χ4n) is 3.59. The minimum absolute atomic E-state index is 0.397. The first-order chi connectivity index (χ1) is 9.65. The topological polar surface area (TPSA) is 35.5 Å². The number of piperazine rings is 1. The van der Waals surface area contributed by atoms with Crippen LogP contribution in [0.1, 0.15) is 42.0 Å². The van der Waals surface area contributed by atoms with Crippen LogP contribution in [-0.4, -0.2) is 36.2 Å². The molecule has 20 heavy (non-hydrogen) atoms. The second-order valence-electron chi connectivity index (χ2n) is 6.47. The maximum atomic E-state index is 9.78. The SMILES string of the molecule is Cc1cc(O)cc(C)c1[C@@H](CC1CC1)N1CCNCC1. The third kappa shape index (κ3) is 2.99. The Kier molecular flexibility index (Phi) is 3.99. The van der Waals surface area contributed by atoms with E-state index in [9.17, 15) is 5.11 Å². The van der Waals surface area contributed by atoms with E-state index >= 15 is 0 Å². The number of rotatable bonds is 4. The molecular formula is C17H26N2O. The van der Waals surface area contributed by atoms with Crippen molar-refractivity contribution in [1.29, 1.82) is 0 Å². The highest BCUT2D eigenvalue weighted by Gasteiger charge is 2.31. The number of hydrogen-bond donors (Lipinski definition) is 2. The largest absolute Gasteiger partial charge is 0.508 e. The molecule has 0 spiro atoms. The molecule has 1 saturated heterocycles. The van der Waals surface area contributed by atoms with Gasteiger partial charge in [0.2, 0.25) is 0 Å². The number of phenolic OH excluding ortho intramolecular Hbond substituents is 1. The van der Waals surface area contributed by atoms with Crippen LogP contribution < -0.4 is 5.32 Å². The minimum atomic E-state index is 0.397. The van der Waals surface area contributed by atoms with Gasteiger partial charge in [0.15, 0.2) is 0 Å². The molecule has 0 radical (unpaired) electrons. The predicted molar refractivity (Wildman–Crippen MR) is 82.1 cm³/mol. The molecule has 0 bridgehead atoms. The number of hydrogen-bond acceptors (Lipinski definition) is 3. The van der Waals surface area contributed by atoms with Crippen LogP contribution in [0.3, 0.4) is 0 Å². The molecular weight excluding hydrogens is 248 g/mol. The Morgan fingerprint density at radius 2 is 1.80 bits per heavy atom. The number of aryl methyl sites for hydroxylation is 2. The second-order valence-corrected chi connectivity index (χ2v) is 6.47. The fraction of sp³-hybridized carbons (Fsp3) is 0.647. The molecule has 1 heterocycles. The lowest BCUT2D eigenvalue weighted by Crippen LogP contribution is -2.45. The molecule has 1 aromatic rings. The van der Waals surface area contributed by atoms with Crippen molar-refractivity contribution in [2.45, 2.75) is 39.2 Å². The number of phenols is 1. The predicted octanol–water partition coefficient (Wildman–Crippen LogP) is 2.76. The lowest BCUT2D eigenvalue weighted by atomic mass is 9.91. The Morgan fingerprint density at radius 3 is 2.35 bits per heavy atom. The van der Waals surface area contributed by atoms with Gasteiger partial charge < -0.3 is 10.4 Å². The van der Waals surface area contributed by atoms with Gasteiger partial charge in [0.1, 0.15) is 5.75 Å². The van der Waals surface area contributed by atoms with E-state index in [0.29, 0.717) is 11.8 Å². The molecule has 2 aliphatic rings. The van der Waals surface area contributed by atoms with Crippen LogP contribution in [-0.2, 0) is 0 Å². The van der Waals surface area contributed by atoms with Gasteiger partial charge in [0.05, 0.1) is 0 Å². The van der Waals surface area contributed by atoms with Crippen LogP contribution in [0.2, 0.25) is 0 Å². The average Bonchev–Trinajstić information content (AvgIpc) is 3.21. The molecule has 3 heteroatoms. The summed E-state index contributed by atoms with van der Waals surface area (Å²) in [5, 5.41) is 13.2. The van der Waals surface area contributed by atoms with Crippen molar-refractivity contribution < 1.29 is 5.11 Å². The summed E-state index contributed by atoms with van der Waals surface area (Å²) in [7, 11) is 0. The quantitative estimate of drug-likeness (QED) is 0.886. The molecule has 1 aromatic carbocycles. The molecule has 3 rings (SSSR count). The second kappa shape index (κ2) is 5.74. The first kappa shape index (κ1) is 13.9. The van der Waals surface area contributed by atoms with E-state index in [2.05, 4.69) is 24.1 Å². The van der Waals surface area contributed by atoms with Crippen LogP contribution in [0, 0.1) is 19.8 Å². The Balaban J connectivity index is 1.91. The van der Waals surface area contributed by atoms with Crippen molar-refractivity contribution in [3.8, 4) is 5.75 Å². The lowest BCUT2D eigenvalue weighted by molar-refractivity contribution is 0.159. The van der Waals surface area contributed by atoms with Crippen molar-refractivity contribution in [1.82, 2.24) is 10.2 Å². The number of nitrogens with zero attached hydrogens (tertiary/aromatic N) is 1. The van der Waals surface area contributed by atoms with Gasteiger partial charge in [-0.3, -0.25) is 4.90 Å². The Morgan fingerprint density at radius 1 is 1.20 bits per heavy atom. The molecule has 2 N–H and O–H groups in total. The summed E-state index contributed by atoms with van der Waals surface area (Å²) in [6.45, 7) is 8.75. The summed E-state index contributed by atoms with van der Waals surface area (Å²) in [6, 6.07) is 4.37. The highest BCUT2D eigenvalue weighted by Crippen LogP contribution is 2.42. The van der Waals surface area contributed by atoms with Crippen molar-refractivity contribution in [2.75, 3.05) is 26.2 Å². The molecule has 0 amide bonds. The summed E-state index contributed by atoms with van der Waals surface area (Å²) in [4.78, 5) is 2.64. The third-order valence-electron chi connectivity index (χ3n) is 4.76. The summed E-state index contributed by atoms with van der Waals surface area (Å²) < 4.78 is 0. The van der Waals surface area contributed by atoms with E-state index in [0.717, 1.165) is 32.1 Å². The van der Waals surface area contributed by atoms with Crippen LogP contribution >= 0.6 is 0 Å². The van der Waals surface area contributed by atoms with Crippen LogP contribution in [0.4, 0.5) is 0 Å². The molecule has 1 atom stereocenters. The number of benzene rings is 1. The summed E-state index contributed by atoms with van der Waals surface area (Å²) in [6.07, 6.45) is 4.09. The molecule has 1 aliphatic heterocycles. The van der Waals surface area contributed by atoms with Gasteiger partial charge >= 0.3 is 0 Å². The zero-order valence-corrected chi connectivity index (χ0v) is 12.7. The van der Waals surface area contributed by atoms with Crippen molar-refractivity contribution in [3.05, 3.63) is 28.8 Å². The van der Waals surface area contributed by atoms with Gasteiger partial charge in [-0.1, -0.05) is 12.8 Å². The number of nitrogens with one attached hydrogen (secondary N) is 1. The molecule has 110 valence electrons. The summed E-state index contributed by atoms with van der Waals surface area (Å²) in [5.41, 5.74) is 3.94. The highest BCUT2D eigenvalue weighted by molar-refractivity contribution is 5.42. The molecule has 0 aromatic heterocycles. The molecule has 3 nitrogen and oxygen atoms in total. The third-order valence-corrected chi connectivity index (χ3v) is 4.76. The monoisotopic (exact) mass is 274 g/mol. The van der Waals surface area contributed by atoms with E-state index in [-0.39, 0.29) is 0 Å². The van der Waals surface area contributed by atoms with Crippen LogP contribution in [0.25, 0.3) is 0 Å². The Bertz CT molecular complexity index is 453. The fourth-order valence-corrected chi connectivity index (χ4v) is 3.59. The van der Waals surface area contributed by atoms with Gasteiger partial charge in [0, 0.05) is 32.2 Å². The van der Waals surface area contributed by atoms with E-state index in [4.69, 9.17) is 0 Å². The molecule has 1 aliphatic carbocycles. The molecule has 1 saturated carbocycles. The van der Waals surface area contributed by atoms with Gasteiger partial charge in [-0.15, -0.1) is 0 Å². The van der Waals surface area contributed by atoms with Gasteiger partial charge in [0.25, 0.3) is 0 Å². The maximum Gasteiger partial charge on any atom is 0.116 e. The van der Waals surface area contributed by atoms with E-state index in [1.807, 2.05) is 12.1 Å². The summed E-state index contributed by atoms with van der Waals surface area (Å²) in [5.74, 6) is 1.32. The standard InChI is InChI=1S/C17H26N2O/c1-12-9-15(20)10-13(2)17(12)16(11-14-3-4-14)19-7-5-18-6-8-19/h9-10,14,16,18,20H,3-8,11H2,1-2H3/t16-/m1/s1. The number of aromatic hydroxyl groups is 1. The van der Waals surface area contributed by atoms with E-state index in [1.54, 1.807) is 0 Å². The smallest absolute Gasteiger partial charge is 0.116 e. The first-order valence-corrected chi connectivity index (χ1v) is 7.90. The lowest BCUT2D eigenvalue weighted by Gasteiger charge is -2.37. The van der Waals surface area contributed by atoms with E-state index in [1.165, 1.54) is 36.0 Å². The van der Waals surface area contributed by atoms with Gasteiger partial charge in [-0.2, -0.15) is 0 Å². The molecule has 0 unspecified atom stereocenters. The maximum absolute atomic E-state index is 9.78. The van der Waals surface area contributed by atoms with Gasteiger partial charge in [-0.25, -0.2) is 0 Å². The highest BCUT2D eigenvalue weighted by atomic mass is 16.3. The van der Waals surface area contributed by atoms with Crippen molar-refractivity contribution >= 4 is 0 Å². The van der Waals surface area contributed by atoms with Crippen molar-refractivity contribution in [3.63, 3.8) is 0 Å². The zero-order valence-electron chi connectivity index (χ0n) is 12.7. The van der Waals surface area contributed by atoms with Crippen molar-refractivity contribution in [2.24, 2.45) is 5.92 Å². The Labute approximate surface area is 122 Å². The normalized spacial score (nSPS) is 21.9. The van der Waals surface area contributed by atoms with Crippen LogP contribution in [0.15, 0.2) is 12.1 Å². The van der Waals surface area contributed by atoms with Gasteiger partial charge in [-0.05, 0) is 55.0 Å². The zero-order chi connectivity index (χ0) is 14.1. The average molecular weight is 274 g/mol. The molecule has 2 fully saturated rings. The Hall–Kier alpha value is -1.06. The van der Waals surface area contributed by atoms with E-state index < -0.39 is 0 Å². The van der Waals surface area contributed by atoms with Crippen LogP contribution in [0.5, 0.6) is 5.75 Å². The minimum Gasteiger partial charge on any atom is -0.508 e. The first-order valence-electron chi connectivity index (χ1n) is 7.90. The summed E-state index contributed by atoms with van der Waals surface area (Å²) >= 11 is 0.